The van der Waals surface area contributed by atoms with Gasteiger partial charge in [-0.15, -0.1) is 0 Å². The summed E-state index contributed by atoms with van der Waals surface area (Å²) in [5, 5.41) is 9.35. The Kier molecular flexibility index (Phi) is 10.2. The van der Waals surface area contributed by atoms with E-state index in [1.807, 2.05) is 6.07 Å². The zero-order chi connectivity index (χ0) is 33.0. The van der Waals surface area contributed by atoms with Gasteiger partial charge < -0.3 is 13.9 Å². The van der Waals surface area contributed by atoms with Crippen LogP contribution in [0.2, 0.25) is 0 Å². The number of hydroxylamine groups is 1. The second-order valence-corrected chi connectivity index (χ2v) is 12.9. The van der Waals surface area contributed by atoms with Crippen LogP contribution in [0.25, 0.3) is 22.3 Å². The lowest BCUT2D eigenvalue weighted by Gasteiger charge is -2.25. The normalized spacial score (nSPS) is 13.2. The number of Topliss-reactive ketones (excluding diaryl/α,β-unsaturated/α-hetero) is 1. The van der Waals surface area contributed by atoms with Crippen LogP contribution in [-0.2, 0) is 26.1 Å². The Labute approximate surface area is 264 Å². The fraction of sp³-hybridized carbons (Fsp3) is 0.333. The van der Waals surface area contributed by atoms with Crippen molar-refractivity contribution in [3.8, 4) is 11.3 Å². The number of amides is 1. The monoisotopic (exact) mass is 656 g/mol. The molecule has 1 aliphatic carbocycles. The average Bonchev–Trinajstić information content (AvgIpc) is 3.81. The van der Waals surface area contributed by atoms with E-state index >= 15 is 0 Å². The number of fused-ring (bicyclic) bond motifs is 1. The number of nitrogens with zero attached hydrogens (tertiary/aromatic N) is 1. The van der Waals surface area contributed by atoms with Crippen LogP contribution in [0, 0.1) is 11.6 Å². The Morgan fingerprint density at radius 1 is 1.02 bits per heavy atom. The van der Waals surface area contributed by atoms with Gasteiger partial charge in [-0.05, 0) is 72.4 Å². The fourth-order valence-electron chi connectivity index (χ4n) is 5.26. The second-order valence-electron chi connectivity index (χ2n) is 11.0. The summed E-state index contributed by atoms with van der Waals surface area (Å²) in [6.45, 7) is 2.15. The molecule has 1 aromatic heterocycles. The maximum atomic E-state index is 13.8. The third-order valence-electron chi connectivity index (χ3n) is 7.69. The minimum Gasteiger partial charge on any atom is -0.455 e. The summed E-state index contributed by atoms with van der Waals surface area (Å²) in [5.41, 5.74) is 4.10. The van der Waals surface area contributed by atoms with Gasteiger partial charge in [0.25, 0.3) is 5.91 Å². The van der Waals surface area contributed by atoms with Crippen molar-refractivity contribution in [2.24, 2.45) is 0 Å². The molecule has 46 heavy (non-hydrogen) atoms. The van der Waals surface area contributed by atoms with Crippen LogP contribution < -0.4 is 9.79 Å². The van der Waals surface area contributed by atoms with Gasteiger partial charge in [-0.1, -0.05) is 13.0 Å². The molecule has 1 aliphatic rings. The molecular weight excluding hydrogens is 622 g/mol. The van der Waals surface area contributed by atoms with Crippen LogP contribution in [0.15, 0.2) is 59.0 Å². The van der Waals surface area contributed by atoms with E-state index in [0.717, 1.165) is 30.7 Å². The number of furan rings is 1. The van der Waals surface area contributed by atoms with E-state index in [-0.39, 0.29) is 56.7 Å². The van der Waals surface area contributed by atoms with Gasteiger partial charge in [0.05, 0.1) is 56.0 Å². The van der Waals surface area contributed by atoms with Crippen molar-refractivity contribution in [2.45, 2.75) is 38.7 Å². The number of carbonyl (C=O) groups is 2. The molecule has 5 rings (SSSR count). The van der Waals surface area contributed by atoms with E-state index in [2.05, 4.69) is 0 Å². The highest BCUT2D eigenvalue weighted by Gasteiger charge is 2.33. The molecule has 244 valence electrons. The highest BCUT2D eigenvalue weighted by molar-refractivity contribution is 7.92. The van der Waals surface area contributed by atoms with Gasteiger partial charge in [0.15, 0.2) is 5.78 Å². The predicted octanol–water partition coefficient (Wildman–Crippen LogP) is 5.97. The molecule has 0 bridgehead atoms. The van der Waals surface area contributed by atoms with Crippen LogP contribution in [0.1, 0.15) is 63.9 Å². The predicted molar refractivity (Wildman–Crippen MR) is 167 cm³/mol. The first-order valence-electron chi connectivity index (χ1n) is 14.8. The molecule has 0 aliphatic heterocycles. The summed E-state index contributed by atoms with van der Waals surface area (Å²) in [7, 11) is -3.76. The third-order valence-corrected chi connectivity index (χ3v) is 8.87. The minimum absolute atomic E-state index is 0.00787. The van der Waals surface area contributed by atoms with Crippen LogP contribution in [-0.4, -0.2) is 57.9 Å². The van der Waals surface area contributed by atoms with Crippen molar-refractivity contribution in [1.29, 1.82) is 0 Å². The van der Waals surface area contributed by atoms with E-state index in [4.69, 9.17) is 19.1 Å². The number of hydrogen-bond acceptors (Lipinski definition) is 8. The largest absolute Gasteiger partial charge is 0.455 e. The Morgan fingerprint density at radius 2 is 1.74 bits per heavy atom. The van der Waals surface area contributed by atoms with Gasteiger partial charge in [-0.25, -0.2) is 22.7 Å². The Hall–Kier alpha value is -4.17. The number of anilines is 1. The molecule has 10 nitrogen and oxygen atoms in total. The minimum atomic E-state index is -3.76. The first kappa shape index (κ1) is 33.2. The lowest BCUT2D eigenvalue weighted by molar-refractivity contribution is 0.0435. The zero-order valence-electron chi connectivity index (χ0n) is 25.3. The van der Waals surface area contributed by atoms with Crippen LogP contribution in [0.5, 0.6) is 0 Å². The summed E-state index contributed by atoms with van der Waals surface area (Å²) in [6, 6.07) is 13.0. The zero-order valence-corrected chi connectivity index (χ0v) is 26.2. The van der Waals surface area contributed by atoms with Gasteiger partial charge in [0, 0.05) is 23.4 Å². The molecule has 2 N–H and O–H groups in total. The molecule has 0 atom stereocenters. The molecule has 0 radical (unpaired) electrons. The number of halogens is 2. The fourth-order valence-corrected chi connectivity index (χ4v) is 6.18. The number of nitrogens with one attached hydrogen (secondary N) is 1. The standard InChI is InChI=1S/C33H34F2N2O8S/c1-3-29(38)31-26-17-24(21-5-6-21)28(18-30(26)45-32(31)22-7-9-23(34)10-8-22)37(46(2,41)42)12-13-43-14-15-44-19-20-4-11-27(35)25(16-20)33(39)36-40/h4,7-11,16-18,21,40H,3,5-6,12-15,19H2,1-2H3,(H,36,39). The van der Waals surface area contributed by atoms with Gasteiger partial charge in [0.2, 0.25) is 10.0 Å². The third kappa shape index (κ3) is 7.44. The molecule has 1 heterocycles. The molecule has 0 unspecified atom stereocenters. The summed E-state index contributed by atoms with van der Waals surface area (Å²) >= 11 is 0. The highest BCUT2D eigenvalue weighted by atomic mass is 32.2. The van der Waals surface area contributed by atoms with Crippen molar-refractivity contribution < 1.29 is 45.9 Å². The van der Waals surface area contributed by atoms with E-state index in [0.29, 0.717) is 39.1 Å². The number of rotatable bonds is 15. The number of ketones is 1. The Morgan fingerprint density at radius 3 is 2.39 bits per heavy atom. The smallest absolute Gasteiger partial charge is 0.277 e. The van der Waals surface area contributed by atoms with Crippen molar-refractivity contribution in [3.63, 3.8) is 0 Å². The molecule has 0 saturated heterocycles. The van der Waals surface area contributed by atoms with E-state index in [1.165, 1.54) is 34.1 Å². The summed E-state index contributed by atoms with van der Waals surface area (Å²) in [4.78, 5) is 24.7. The Bertz CT molecular complexity index is 1850. The topological polar surface area (TPSA) is 135 Å². The molecule has 1 amide bonds. The molecule has 4 aromatic rings. The first-order chi connectivity index (χ1) is 22.0. The number of ether oxygens (including phenoxy) is 2. The number of hydrogen-bond donors (Lipinski definition) is 2. The Balaban J connectivity index is 1.31. The highest BCUT2D eigenvalue weighted by Crippen LogP contribution is 2.48. The summed E-state index contributed by atoms with van der Waals surface area (Å²) < 4.78 is 72.2. The number of carbonyl (C=O) groups excluding carboxylic acids is 2. The molecular formula is C33H34F2N2O8S. The summed E-state index contributed by atoms with van der Waals surface area (Å²) in [5.74, 6) is -1.88. The molecule has 1 fully saturated rings. The molecule has 0 spiro atoms. The van der Waals surface area contributed by atoms with Crippen molar-refractivity contribution in [3.05, 3.63) is 88.5 Å². The maximum Gasteiger partial charge on any atom is 0.277 e. The van der Waals surface area contributed by atoms with E-state index < -0.39 is 27.6 Å². The van der Waals surface area contributed by atoms with Gasteiger partial charge in [0.1, 0.15) is 23.0 Å². The van der Waals surface area contributed by atoms with Crippen molar-refractivity contribution >= 4 is 38.4 Å². The second kappa shape index (κ2) is 14.1. The molecule has 3 aromatic carbocycles. The first-order valence-corrected chi connectivity index (χ1v) is 16.6. The molecule has 1 saturated carbocycles. The van der Waals surface area contributed by atoms with Gasteiger partial charge >= 0.3 is 0 Å². The number of sulfonamides is 1. The van der Waals surface area contributed by atoms with Crippen LogP contribution in [0.4, 0.5) is 14.5 Å². The average molecular weight is 657 g/mol. The quantitative estimate of drug-likeness (QED) is 0.0692. The van der Waals surface area contributed by atoms with E-state index in [1.54, 1.807) is 25.1 Å². The molecule has 13 heteroatoms. The van der Waals surface area contributed by atoms with Gasteiger partial charge in [-0.3, -0.25) is 19.1 Å². The van der Waals surface area contributed by atoms with Crippen LogP contribution >= 0.6 is 0 Å². The van der Waals surface area contributed by atoms with Gasteiger partial charge in [-0.2, -0.15) is 0 Å². The maximum absolute atomic E-state index is 13.8. The van der Waals surface area contributed by atoms with E-state index in [9.17, 15) is 26.8 Å². The number of benzene rings is 3. The SMILES string of the molecule is CCC(=O)c1c(-c2ccc(F)cc2)oc2cc(N(CCOCCOCc3ccc(F)c(C(=O)NO)c3)S(C)(=O)=O)c(C3CC3)cc12. The lowest BCUT2D eigenvalue weighted by Crippen LogP contribution is -2.34. The summed E-state index contributed by atoms with van der Waals surface area (Å²) in [6.07, 6.45) is 3.10. The van der Waals surface area contributed by atoms with Crippen molar-refractivity contribution in [1.82, 2.24) is 5.48 Å². The van der Waals surface area contributed by atoms with Crippen molar-refractivity contribution in [2.75, 3.05) is 36.9 Å². The van der Waals surface area contributed by atoms with Crippen LogP contribution in [0.3, 0.4) is 0 Å². The lowest BCUT2D eigenvalue weighted by atomic mass is 9.97.